The van der Waals surface area contributed by atoms with Gasteiger partial charge in [0.15, 0.2) is 9.84 Å². The highest BCUT2D eigenvalue weighted by atomic mass is 32.2. The minimum atomic E-state index is -3.22. The maximum atomic E-state index is 13.1. The maximum absolute atomic E-state index is 13.1. The average Bonchev–Trinajstić information content (AvgIpc) is 2.23. The third-order valence-electron chi connectivity index (χ3n) is 2.26. The quantitative estimate of drug-likeness (QED) is 0.620. The van der Waals surface area contributed by atoms with Crippen molar-refractivity contribution in [2.24, 2.45) is 0 Å². The first-order chi connectivity index (χ1) is 7.94. The molecule has 4 nitrogen and oxygen atoms in total. The van der Waals surface area contributed by atoms with Gasteiger partial charge in [-0.1, -0.05) is 6.07 Å². The van der Waals surface area contributed by atoms with Crippen LogP contribution in [0.2, 0.25) is 0 Å². The number of rotatable bonds is 6. The molecule has 0 fully saturated rings. The number of ether oxygens (including phenoxy) is 1. The summed E-state index contributed by atoms with van der Waals surface area (Å²) in [5, 5.41) is 0. The van der Waals surface area contributed by atoms with Crippen LogP contribution in [0.1, 0.15) is 12.0 Å². The van der Waals surface area contributed by atoms with Crippen molar-refractivity contribution < 1.29 is 17.5 Å². The van der Waals surface area contributed by atoms with E-state index < -0.39 is 15.7 Å². The van der Waals surface area contributed by atoms with Crippen molar-refractivity contribution in [1.29, 1.82) is 0 Å². The molecular weight excluding hydrogens is 245 g/mol. The molecule has 96 valence electrons. The monoisotopic (exact) mass is 261 g/mol. The summed E-state index contributed by atoms with van der Waals surface area (Å²) in [6, 6.07) is 4.05. The zero-order valence-corrected chi connectivity index (χ0v) is 10.5. The summed E-state index contributed by atoms with van der Waals surface area (Å²) in [7, 11) is -1.71. The van der Waals surface area contributed by atoms with Gasteiger partial charge in [0.2, 0.25) is 0 Å². The third kappa shape index (κ3) is 4.70. The molecule has 1 aromatic carbocycles. The highest BCUT2D eigenvalue weighted by Crippen LogP contribution is 2.14. The molecule has 0 unspecified atom stereocenters. The minimum absolute atomic E-state index is 0.0190. The fraction of sp³-hybridized carbons (Fsp3) is 0.455. The van der Waals surface area contributed by atoms with E-state index in [1.165, 1.54) is 19.2 Å². The largest absolute Gasteiger partial charge is 0.396 e. The summed E-state index contributed by atoms with van der Waals surface area (Å²) in [6.07, 6.45) is 0.441. The fourth-order valence-corrected chi connectivity index (χ4v) is 2.80. The van der Waals surface area contributed by atoms with Gasteiger partial charge in [0, 0.05) is 13.7 Å². The van der Waals surface area contributed by atoms with Gasteiger partial charge >= 0.3 is 0 Å². The van der Waals surface area contributed by atoms with Gasteiger partial charge in [-0.15, -0.1) is 0 Å². The lowest BCUT2D eigenvalue weighted by Gasteiger charge is -2.05. The number of hydrogen-bond acceptors (Lipinski definition) is 4. The van der Waals surface area contributed by atoms with Gasteiger partial charge in [0.1, 0.15) is 5.82 Å². The van der Waals surface area contributed by atoms with E-state index in [9.17, 15) is 12.8 Å². The molecule has 0 aliphatic rings. The van der Waals surface area contributed by atoms with Crippen molar-refractivity contribution in [1.82, 2.24) is 0 Å². The summed E-state index contributed by atoms with van der Waals surface area (Å²) in [6.45, 7) is 0.398. The topological polar surface area (TPSA) is 69.4 Å². The Morgan fingerprint density at radius 1 is 1.41 bits per heavy atom. The molecule has 0 saturated heterocycles. The number of benzene rings is 1. The lowest BCUT2D eigenvalue weighted by atomic mass is 10.2. The zero-order chi connectivity index (χ0) is 12.9. The van der Waals surface area contributed by atoms with Crippen LogP contribution in [0.5, 0.6) is 0 Å². The van der Waals surface area contributed by atoms with E-state index in [-0.39, 0.29) is 17.2 Å². The molecule has 2 N–H and O–H groups in total. The molecule has 0 saturated carbocycles. The molecule has 0 radical (unpaired) electrons. The van der Waals surface area contributed by atoms with Crippen molar-refractivity contribution >= 4 is 15.5 Å². The van der Waals surface area contributed by atoms with Crippen LogP contribution < -0.4 is 5.73 Å². The highest BCUT2D eigenvalue weighted by Gasteiger charge is 2.12. The number of halogens is 1. The second kappa shape index (κ2) is 5.97. The van der Waals surface area contributed by atoms with Gasteiger partial charge in [-0.05, 0) is 24.1 Å². The molecule has 6 heteroatoms. The molecule has 1 aromatic rings. The van der Waals surface area contributed by atoms with Crippen LogP contribution in [0.3, 0.4) is 0 Å². The average molecular weight is 261 g/mol. The van der Waals surface area contributed by atoms with Crippen LogP contribution >= 0.6 is 0 Å². The third-order valence-corrected chi connectivity index (χ3v) is 3.94. The molecule has 0 spiro atoms. The van der Waals surface area contributed by atoms with Crippen molar-refractivity contribution in [2.45, 2.75) is 12.2 Å². The number of anilines is 1. The number of methoxy groups -OCH3 is 1. The van der Waals surface area contributed by atoms with E-state index >= 15 is 0 Å². The highest BCUT2D eigenvalue weighted by molar-refractivity contribution is 7.90. The Morgan fingerprint density at radius 2 is 2.12 bits per heavy atom. The molecule has 17 heavy (non-hydrogen) atoms. The Bertz CT molecular complexity index is 474. The summed E-state index contributed by atoms with van der Waals surface area (Å²) in [4.78, 5) is 0. The summed E-state index contributed by atoms with van der Waals surface area (Å²) < 4.78 is 41.2. The van der Waals surface area contributed by atoms with Gasteiger partial charge in [0.05, 0.1) is 17.2 Å². The van der Waals surface area contributed by atoms with E-state index in [1.54, 1.807) is 0 Å². The first-order valence-electron chi connectivity index (χ1n) is 5.18. The summed E-state index contributed by atoms with van der Waals surface area (Å²) in [5.41, 5.74) is 5.74. The Morgan fingerprint density at radius 3 is 2.71 bits per heavy atom. The molecule has 0 amide bonds. The second-order valence-electron chi connectivity index (χ2n) is 3.79. The lowest BCUT2D eigenvalue weighted by molar-refractivity contribution is 0.199. The molecule has 0 heterocycles. The predicted octanol–water partition coefficient (Wildman–Crippen LogP) is 1.36. The molecule has 0 aliphatic heterocycles. The van der Waals surface area contributed by atoms with Gasteiger partial charge < -0.3 is 10.5 Å². The van der Waals surface area contributed by atoms with Crippen LogP contribution in [0.25, 0.3) is 0 Å². The van der Waals surface area contributed by atoms with Gasteiger partial charge in [-0.3, -0.25) is 0 Å². The number of nitrogens with two attached hydrogens (primary N) is 1. The van der Waals surface area contributed by atoms with Gasteiger partial charge in [-0.2, -0.15) is 0 Å². The number of nitrogen functional groups attached to an aromatic ring is 1. The van der Waals surface area contributed by atoms with Crippen LogP contribution in [0.4, 0.5) is 10.1 Å². The first kappa shape index (κ1) is 13.9. The second-order valence-corrected chi connectivity index (χ2v) is 5.98. The Balaban J connectivity index is 2.66. The standard InChI is InChI=1S/C11H16FNO3S/c1-16-5-2-6-17(14,15)8-9-3-4-11(13)10(12)7-9/h3-4,7H,2,5-6,8,13H2,1H3. The smallest absolute Gasteiger partial charge is 0.154 e. The minimum Gasteiger partial charge on any atom is -0.396 e. The van der Waals surface area contributed by atoms with Crippen LogP contribution in [-0.4, -0.2) is 27.9 Å². The van der Waals surface area contributed by atoms with Gasteiger partial charge in [-0.25, -0.2) is 12.8 Å². The molecule has 0 bridgehead atoms. The SMILES string of the molecule is COCCCS(=O)(=O)Cc1ccc(N)c(F)c1. The fourth-order valence-electron chi connectivity index (χ4n) is 1.41. The number of hydrogen-bond donors (Lipinski definition) is 1. The summed E-state index contributed by atoms with van der Waals surface area (Å²) >= 11 is 0. The van der Waals surface area contributed by atoms with Crippen molar-refractivity contribution in [2.75, 3.05) is 25.2 Å². The zero-order valence-electron chi connectivity index (χ0n) is 9.65. The summed E-state index contributed by atoms with van der Waals surface area (Å²) in [5.74, 6) is -0.726. The number of sulfone groups is 1. The predicted molar refractivity (Wildman–Crippen MR) is 64.8 cm³/mol. The van der Waals surface area contributed by atoms with E-state index in [0.29, 0.717) is 18.6 Å². The Kier molecular flexibility index (Phi) is 4.89. The Labute approximate surface area is 101 Å². The molecule has 0 aromatic heterocycles. The van der Waals surface area contributed by atoms with E-state index in [4.69, 9.17) is 10.5 Å². The van der Waals surface area contributed by atoms with Crippen LogP contribution in [0, 0.1) is 5.82 Å². The van der Waals surface area contributed by atoms with E-state index in [0.717, 1.165) is 6.07 Å². The van der Waals surface area contributed by atoms with Crippen molar-refractivity contribution in [3.63, 3.8) is 0 Å². The van der Waals surface area contributed by atoms with Crippen LogP contribution in [0.15, 0.2) is 18.2 Å². The molecule has 1 rings (SSSR count). The molecule has 0 aliphatic carbocycles. The van der Waals surface area contributed by atoms with E-state index in [1.807, 2.05) is 0 Å². The van der Waals surface area contributed by atoms with Crippen LogP contribution in [-0.2, 0) is 20.3 Å². The maximum Gasteiger partial charge on any atom is 0.154 e. The van der Waals surface area contributed by atoms with E-state index in [2.05, 4.69) is 0 Å². The van der Waals surface area contributed by atoms with Crippen molar-refractivity contribution in [3.8, 4) is 0 Å². The van der Waals surface area contributed by atoms with Crippen molar-refractivity contribution in [3.05, 3.63) is 29.6 Å². The van der Waals surface area contributed by atoms with Gasteiger partial charge in [0.25, 0.3) is 0 Å². The first-order valence-corrected chi connectivity index (χ1v) is 7.00. The normalized spacial score (nSPS) is 11.6. The molecular formula is C11H16FNO3S. The Hall–Kier alpha value is -1.14. The lowest BCUT2D eigenvalue weighted by Crippen LogP contribution is -2.11. The molecule has 0 atom stereocenters.